The van der Waals surface area contributed by atoms with Gasteiger partial charge in [-0.05, 0) is 6.08 Å². The fourth-order valence-corrected chi connectivity index (χ4v) is 1.36. The van der Waals surface area contributed by atoms with Crippen LogP contribution in [-0.2, 0) is 0 Å². The van der Waals surface area contributed by atoms with Crippen molar-refractivity contribution in [2.75, 3.05) is 5.33 Å². The lowest BCUT2D eigenvalue weighted by Crippen LogP contribution is -2.05. The zero-order valence-corrected chi connectivity index (χ0v) is 8.71. The molecule has 72 valence electrons. The van der Waals surface area contributed by atoms with Gasteiger partial charge in [0.05, 0.1) is 12.0 Å². The van der Waals surface area contributed by atoms with Crippen molar-refractivity contribution in [3.63, 3.8) is 0 Å². The van der Waals surface area contributed by atoms with E-state index in [-0.39, 0.29) is 5.56 Å². The lowest BCUT2D eigenvalue weighted by atomic mass is 10.3. The van der Waals surface area contributed by atoms with Crippen LogP contribution in [0.15, 0.2) is 17.2 Å². The molecule has 0 atom stereocenters. The van der Waals surface area contributed by atoms with Gasteiger partial charge in [-0.1, -0.05) is 22.0 Å². The first kappa shape index (κ1) is 9.14. The molecule has 5 nitrogen and oxygen atoms in total. The maximum Gasteiger partial charge on any atom is 0.262 e. The van der Waals surface area contributed by atoms with Crippen molar-refractivity contribution in [1.29, 1.82) is 0 Å². The molecule has 6 heteroatoms. The lowest BCUT2D eigenvalue weighted by Gasteiger charge is -1.86. The Morgan fingerprint density at radius 2 is 2.43 bits per heavy atom. The average Bonchev–Trinajstić information content (AvgIpc) is 2.59. The first-order valence-corrected chi connectivity index (χ1v) is 5.09. The van der Waals surface area contributed by atoms with E-state index in [1.54, 1.807) is 6.08 Å². The quantitative estimate of drug-likeness (QED) is 0.788. The third-order valence-electron chi connectivity index (χ3n) is 1.76. The minimum atomic E-state index is -0.182. The van der Waals surface area contributed by atoms with E-state index in [0.717, 1.165) is 5.33 Å². The Morgan fingerprint density at radius 1 is 1.57 bits per heavy atom. The molecule has 0 aliphatic carbocycles. The number of hydrogen-bond acceptors (Lipinski definition) is 3. The Bertz CT molecular complexity index is 527. The summed E-state index contributed by atoms with van der Waals surface area (Å²) in [6.45, 7) is 0. The Hall–Kier alpha value is -1.43. The van der Waals surface area contributed by atoms with Gasteiger partial charge in [0.25, 0.3) is 5.56 Å². The summed E-state index contributed by atoms with van der Waals surface area (Å²) in [5.41, 5.74) is 0.926. The normalized spacial score (nSPS) is 11.5. The summed E-state index contributed by atoms with van der Waals surface area (Å²) in [5, 5.41) is 7.88. The number of nitrogens with one attached hydrogen (secondary N) is 2. The minimum Gasteiger partial charge on any atom is -0.312 e. The molecule has 0 bridgehead atoms. The highest BCUT2D eigenvalue weighted by Gasteiger charge is 2.06. The van der Waals surface area contributed by atoms with Gasteiger partial charge in [-0.2, -0.15) is 5.10 Å². The van der Waals surface area contributed by atoms with Gasteiger partial charge in [0, 0.05) is 5.33 Å². The second-order valence-electron chi connectivity index (χ2n) is 2.62. The van der Waals surface area contributed by atoms with Gasteiger partial charge in [0.15, 0.2) is 5.65 Å². The summed E-state index contributed by atoms with van der Waals surface area (Å²) in [6, 6.07) is 0. The molecule has 2 aromatic heterocycles. The molecule has 2 N–H and O–H groups in total. The highest BCUT2D eigenvalue weighted by atomic mass is 79.9. The first-order chi connectivity index (χ1) is 6.83. The molecule has 0 radical (unpaired) electrons. The van der Waals surface area contributed by atoms with Crippen molar-refractivity contribution < 1.29 is 0 Å². The van der Waals surface area contributed by atoms with Gasteiger partial charge in [0.1, 0.15) is 5.39 Å². The molecule has 2 heterocycles. The highest BCUT2D eigenvalue weighted by molar-refractivity contribution is 9.09. The number of allylic oxidation sites excluding steroid dienone is 1. The van der Waals surface area contributed by atoms with Gasteiger partial charge in [0.2, 0.25) is 0 Å². The molecule has 0 amide bonds. The number of aromatic nitrogens is 4. The predicted octanol–water partition coefficient (Wildman–Crippen LogP) is 1.05. The van der Waals surface area contributed by atoms with Crippen molar-refractivity contribution in [1.82, 2.24) is 20.2 Å². The molecular weight excluding hydrogens is 248 g/mol. The van der Waals surface area contributed by atoms with Crippen LogP contribution in [0.5, 0.6) is 0 Å². The second-order valence-corrected chi connectivity index (χ2v) is 3.27. The summed E-state index contributed by atoms with van der Waals surface area (Å²) >= 11 is 3.26. The molecule has 0 spiro atoms. The van der Waals surface area contributed by atoms with Gasteiger partial charge in [-0.3, -0.25) is 9.89 Å². The van der Waals surface area contributed by atoms with Crippen LogP contribution >= 0.6 is 15.9 Å². The average molecular weight is 255 g/mol. The minimum absolute atomic E-state index is 0.182. The van der Waals surface area contributed by atoms with Crippen molar-refractivity contribution in [2.24, 2.45) is 0 Å². The number of alkyl halides is 1. The lowest BCUT2D eigenvalue weighted by molar-refractivity contribution is 1.08. The molecule has 0 fully saturated rings. The first-order valence-electron chi connectivity index (χ1n) is 3.97. The van der Waals surface area contributed by atoms with E-state index in [1.165, 1.54) is 6.33 Å². The van der Waals surface area contributed by atoms with E-state index < -0.39 is 0 Å². The summed E-state index contributed by atoms with van der Waals surface area (Å²) in [5.74, 6) is 0. The second kappa shape index (κ2) is 3.75. The van der Waals surface area contributed by atoms with E-state index in [0.29, 0.717) is 16.7 Å². The number of hydrogen-bond donors (Lipinski definition) is 2. The standard InChI is InChI=1S/C8H7BrN4O/c9-3-1-2-5-6-7(13-12-5)10-4-11-8(6)14/h1-2,4H,3H2,(H2,10,11,12,13,14). The Kier molecular flexibility index (Phi) is 2.45. The number of H-pyrrole nitrogens is 2. The van der Waals surface area contributed by atoms with Gasteiger partial charge in [-0.15, -0.1) is 0 Å². The number of rotatable bonds is 2. The topological polar surface area (TPSA) is 74.4 Å². The molecule has 0 aliphatic heterocycles. The van der Waals surface area contributed by atoms with E-state index in [2.05, 4.69) is 36.1 Å². The fourth-order valence-electron chi connectivity index (χ4n) is 1.17. The van der Waals surface area contributed by atoms with E-state index in [1.807, 2.05) is 6.08 Å². The SMILES string of the molecule is O=c1[nH]cnc2n[nH]c(C=CCBr)c12. The van der Waals surface area contributed by atoms with Crippen LogP contribution in [0.3, 0.4) is 0 Å². The smallest absolute Gasteiger partial charge is 0.262 e. The maximum atomic E-state index is 11.4. The van der Waals surface area contributed by atoms with Crippen LogP contribution in [0.1, 0.15) is 5.69 Å². The van der Waals surface area contributed by atoms with Gasteiger partial charge in [-0.25, -0.2) is 4.98 Å². The van der Waals surface area contributed by atoms with Crippen LogP contribution in [0.25, 0.3) is 17.1 Å². The fraction of sp³-hybridized carbons (Fsp3) is 0.125. The van der Waals surface area contributed by atoms with Crippen molar-refractivity contribution in [3.8, 4) is 0 Å². The zero-order valence-electron chi connectivity index (χ0n) is 7.12. The zero-order chi connectivity index (χ0) is 9.97. The van der Waals surface area contributed by atoms with Crippen molar-refractivity contribution in [2.45, 2.75) is 0 Å². The summed E-state index contributed by atoms with van der Waals surface area (Å²) in [7, 11) is 0. The molecule has 0 aliphatic rings. The van der Waals surface area contributed by atoms with Gasteiger partial charge >= 0.3 is 0 Å². The molecule has 0 saturated heterocycles. The molecule has 0 saturated carbocycles. The van der Waals surface area contributed by atoms with Crippen LogP contribution < -0.4 is 5.56 Å². The molecular formula is C8H7BrN4O. The van der Waals surface area contributed by atoms with Gasteiger partial charge < -0.3 is 4.98 Å². The molecule has 0 aromatic carbocycles. The van der Waals surface area contributed by atoms with Crippen LogP contribution in [0.4, 0.5) is 0 Å². The van der Waals surface area contributed by atoms with E-state index in [9.17, 15) is 4.79 Å². The molecule has 14 heavy (non-hydrogen) atoms. The maximum absolute atomic E-state index is 11.4. The van der Waals surface area contributed by atoms with E-state index >= 15 is 0 Å². The monoisotopic (exact) mass is 254 g/mol. The third kappa shape index (κ3) is 1.48. The number of fused-ring (bicyclic) bond motifs is 1. The molecule has 2 aromatic rings. The predicted molar refractivity (Wildman–Crippen MR) is 57.3 cm³/mol. The van der Waals surface area contributed by atoms with E-state index in [4.69, 9.17) is 0 Å². The summed E-state index contributed by atoms with van der Waals surface area (Å²) in [4.78, 5) is 17.9. The number of nitrogens with zero attached hydrogens (tertiary/aromatic N) is 2. The Balaban J connectivity index is 2.67. The third-order valence-corrected chi connectivity index (χ3v) is 2.13. The Labute approximate surface area is 87.4 Å². The summed E-state index contributed by atoms with van der Waals surface area (Å²) in [6.07, 6.45) is 5.00. The molecule has 0 unspecified atom stereocenters. The highest BCUT2D eigenvalue weighted by Crippen LogP contribution is 2.09. The van der Waals surface area contributed by atoms with Crippen LogP contribution in [-0.4, -0.2) is 25.5 Å². The Morgan fingerprint density at radius 3 is 3.21 bits per heavy atom. The van der Waals surface area contributed by atoms with Crippen molar-refractivity contribution >= 4 is 33.0 Å². The molecule has 2 rings (SSSR count). The largest absolute Gasteiger partial charge is 0.312 e. The van der Waals surface area contributed by atoms with Crippen molar-refractivity contribution in [3.05, 3.63) is 28.5 Å². The van der Waals surface area contributed by atoms with Crippen LogP contribution in [0, 0.1) is 0 Å². The number of aromatic amines is 2. The summed E-state index contributed by atoms with van der Waals surface area (Å²) < 4.78 is 0. The number of halogens is 1. The van der Waals surface area contributed by atoms with Crippen LogP contribution in [0.2, 0.25) is 0 Å².